The molecule has 2 aliphatic heterocycles. The van der Waals surface area contributed by atoms with Gasteiger partial charge in [-0.1, -0.05) is 19.1 Å². The summed E-state index contributed by atoms with van der Waals surface area (Å²) in [6, 6.07) is 8.47. The van der Waals surface area contributed by atoms with E-state index in [-0.39, 0.29) is 24.0 Å². The maximum absolute atomic E-state index is 5.25. The lowest BCUT2D eigenvalue weighted by Gasteiger charge is -2.36. The van der Waals surface area contributed by atoms with Crippen LogP contribution in [0.3, 0.4) is 0 Å². The lowest BCUT2D eigenvalue weighted by atomic mass is 9.96. The molecule has 1 atom stereocenters. The Morgan fingerprint density at radius 3 is 2.55 bits per heavy atom. The molecule has 0 bridgehead atoms. The highest BCUT2D eigenvalue weighted by Crippen LogP contribution is 2.22. The molecule has 29 heavy (non-hydrogen) atoms. The van der Waals surface area contributed by atoms with Crippen LogP contribution in [0.2, 0.25) is 0 Å². The SMILES string of the molecule is CCC1CN(C(=NC)NCC2CCN(Cc3ccc(OC)cc3)CC2)CCS1.I. The summed E-state index contributed by atoms with van der Waals surface area (Å²) in [6.45, 7) is 8.96. The van der Waals surface area contributed by atoms with Crippen molar-refractivity contribution in [1.82, 2.24) is 15.1 Å². The van der Waals surface area contributed by atoms with Gasteiger partial charge in [-0.25, -0.2) is 0 Å². The molecular weight excluding hydrogens is 495 g/mol. The Morgan fingerprint density at radius 2 is 1.93 bits per heavy atom. The van der Waals surface area contributed by atoms with E-state index in [1.54, 1.807) is 7.11 Å². The molecule has 5 nitrogen and oxygen atoms in total. The number of guanidine groups is 1. The Hall–Kier alpha value is -0.670. The first-order valence-electron chi connectivity index (χ1n) is 10.6. The van der Waals surface area contributed by atoms with Crippen LogP contribution in [0.15, 0.2) is 29.3 Å². The molecule has 0 saturated carbocycles. The zero-order chi connectivity index (χ0) is 19.8. The Labute approximate surface area is 198 Å². The molecule has 0 aliphatic carbocycles. The van der Waals surface area contributed by atoms with Crippen molar-refractivity contribution in [2.45, 2.75) is 38.0 Å². The lowest BCUT2D eigenvalue weighted by molar-refractivity contribution is 0.177. The highest BCUT2D eigenvalue weighted by Gasteiger charge is 2.23. The summed E-state index contributed by atoms with van der Waals surface area (Å²) in [6.07, 6.45) is 3.76. The van der Waals surface area contributed by atoms with Gasteiger partial charge in [-0.2, -0.15) is 11.8 Å². The summed E-state index contributed by atoms with van der Waals surface area (Å²) >= 11 is 2.11. The number of likely N-dealkylation sites (tertiary alicyclic amines) is 1. The average Bonchev–Trinajstić information content (AvgIpc) is 2.76. The van der Waals surface area contributed by atoms with E-state index in [0.29, 0.717) is 0 Å². The Morgan fingerprint density at radius 1 is 1.21 bits per heavy atom. The highest BCUT2D eigenvalue weighted by molar-refractivity contribution is 14.0. The molecule has 0 aromatic heterocycles. The second kappa shape index (κ2) is 12.9. The van der Waals surface area contributed by atoms with Crippen LogP contribution in [0.1, 0.15) is 31.7 Å². The average molecular weight is 533 g/mol. The third-order valence-corrected chi connectivity index (χ3v) is 7.30. The molecule has 1 N–H and O–H groups in total. The minimum absolute atomic E-state index is 0. The van der Waals surface area contributed by atoms with E-state index in [9.17, 15) is 0 Å². The van der Waals surface area contributed by atoms with Crippen LogP contribution in [0, 0.1) is 5.92 Å². The van der Waals surface area contributed by atoms with Crippen molar-refractivity contribution in [2.75, 3.05) is 52.6 Å². The summed E-state index contributed by atoms with van der Waals surface area (Å²) in [5, 5.41) is 4.41. The van der Waals surface area contributed by atoms with Gasteiger partial charge in [0.1, 0.15) is 5.75 Å². The smallest absolute Gasteiger partial charge is 0.193 e. The minimum atomic E-state index is 0. The number of nitrogens with one attached hydrogen (secondary N) is 1. The predicted octanol–water partition coefficient (Wildman–Crippen LogP) is 3.93. The number of methoxy groups -OCH3 is 1. The zero-order valence-corrected chi connectivity index (χ0v) is 21.2. The van der Waals surface area contributed by atoms with E-state index in [1.165, 1.54) is 43.7 Å². The van der Waals surface area contributed by atoms with Gasteiger partial charge >= 0.3 is 0 Å². The summed E-state index contributed by atoms with van der Waals surface area (Å²) in [5.41, 5.74) is 1.37. The molecule has 1 aromatic carbocycles. The molecule has 7 heteroatoms. The molecule has 2 fully saturated rings. The summed E-state index contributed by atoms with van der Waals surface area (Å²) in [4.78, 5) is 9.57. The first kappa shape index (κ1) is 24.6. The van der Waals surface area contributed by atoms with Crippen molar-refractivity contribution in [1.29, 1.82) is 0 Å². The van der Waals surface area contributed by atoms with Crippen LogP contribution in [-0.2, 0) is 6.54 Å². The largest absolute Gasteiger partial charge is 0.497 e. The zero-order valence-electron chi connectivity index (χ0n) is 18.1. The molecule has 2 heterocycles. The molecule has 0 spiro atoms. The number of hydrogen-bond donors (Lipinski definition) is 1. The van der Waals surface area contributed by atoms with Crippen LogP contribution < -0.4 is 10.1 Å². The first-order valence-corrected chi connectivity index (χ1v) is 11.7. The number of thioether (sulfide) groups is 1. The second-order valence-electron chi connectivity index (χ2n) is 7.84. The van der Waals surface area contributed by atoms with Gasteiger partial charge in [0.05, 0.1) is 7.11 Å². The van der Waals surface area contributed by atoms with Gasteiger partial charge in [-0.15, -0.1) is 24.0 Å². The van der Waals surface area contributed by atoms with Gasteiger partial charge in [-0.3, -0.25) is 9.89 Å². The molecule has 1 unspecified atom stereocenters. The number of hydrogen-bond acceptors (Lipinski definition) is 4. The van der Waals surface area contributed by atoms with E-state index in [4.69, 9.17) is 4.74 Å². The summed E-state index contributed by atoms with van der Waals surface area (Å²) < 4.78 is 5.25. The Kier molecular flexibility index (Phi) is 10.9. The number of ether oxygens (including phenoxy) is 1. The van der Waals surface area contributed by atoms with Gasteiger partial charge in [0.2, 0.25) is 0 Å². The van der Waals surface area contributed by atoms with Crippen LogP contribution in [-0.4, -0.2) is 73.6 Å². The van der Waals surface area contributed by atoms with Gasteiger partial charge in [0.25, 0.3) is 0 Å². The number of rotatable bonds is 6. The quantitative estimate of drug-likeness (QED) is 0.342. The third-order valence-electron chi connectivity index (χ3n) is 5.93. The lowest BCUT2D eigenvalue weighted by Crippen LogP contribution is -2.49. The third kappa shape index (κ3) is 7.51. The van der Waals surface area contributed by atoms with Crippen LogP contribution in [0.4, 0.5) is 0 Å². The van der Waals surface area contributed by atoms with E-state index in [0.717, 1.165) is 49.1 Å². The van der Waals surface area contributed by atoms with Crippen molar-refractivity contribution in [2.24, 2.45) is 10.9 Å². The normalized spacial score (nSPS) is 21.6. The van der Waals surface area contributed by atoms with E-state index < -0.39 is 0 Å². The van der Waals surface area contributed by atoms with Crippen molar-refractivity contribution in [3.05, 3.63) is 29.8 Å². The number of nitrogens with zero attached hydrogens (tertiary/aromatic N) is 3. The fourth-order valence-electron chi connectivity index (χ4n) is 4.06. The fraction of sp³-hybridized carbons (Fsp3) is 0.682. The molecule has 164 valence electrons. The first-order chi connectivity index (χ1) is 13.7. The highest BCUT2D eigenvalue weighted by atomic mass is 127. The second-order valence-corrected chi connectivity index (χ2v) is 9.25. The molecule has 1 aromatic rings. The van der Waals surface area contributed by atoms with Crippen LogP contribution in [0.25, 0.3) is 0 Å². The van der Waals surface area contributed by atoms with Gasteiger partial charge < -0.3 is 15.0 Å². The van der Waals surface area contributed by atoms with E-state index in [1.807, 2.05) is 7.05 Å². The summed E-state index contributed by atoms with van der Waals surface area (Å²) in [7, 11) is 3.64. The number of aliphatic imine (C=N–C) groups is 1. The molecular formula is C22H37IN4OS. The number of halogens is 1. The molecule has 3 rings (SSSR count). The molecule has 0 radical (unpaired) electrons. The number of benzene rings is 1. The number of piperidine rings is 1. The Balaban J connectivity index is 0.00000300. The fourth-order valence-corrected chi connectivity index (χ4v) is 5.24. The van der Waals surface area contributed by atoms with Gasteiger partial charge in [0, 0.05) is 44.2 Å². The summed E-state index contributed by atoms with van der Waals surface area (Å²) in [5.74, 6) is 3.98. The van der Waals surface area contributed by atoms with E-state index >= 15 is 0 Å². The van der Waals surface area contributed by atoms with Crippen molar-refractivity contribution in [3.63, 3.8) is 0 Å². The standard InChI is InChI=1S/C22H36N4OS.HI/c1-4-21-17-26(13-14-28-21)22(23-2)24-15-18-9-11-25(12-10-18)16-19-5-7-20(27-3)8-6-19;/h5-8,18,21H,4,9-17H2,1-3H3,(H,23,24);1H. The molecule has 0 amide bonds. The van der Waals surface area contributed by atoms with Crippen LogP contribution in [0.5, 0.6) is 5.75 Å². The Bertz CT molecular complexity index is 620. The monoisotopic (exact) mass is 532 g/mol. The van der Waals surface area contributed by atoms with Crippen molar-refractivity contribution in [3.8, 4) is 5.75 Å². The van der Waals surface area contributed by atoms with E-state index in [2.05, 4.69) is 63.1 Å². The topological polar surface area (TPSA) is 40.1 Å². The predicted molar refractivity (Wildman–Crippen MR) is 136 cm³/mol. The van der Waals surface area contributed by atoms with Crippen molar-refractivity contribution >= 4 is 41.7 Å². The molecule has 2 saturated heterocycles. The minimum Gasteiger partial charge on any atom is -0.497 e. The maximum atomic E-state index is 5.25. The van der Waals surface area contributed by atoms with Crippen molar-refractivity contribution < 1.29 is 4.74 Å². The van der Waals surface area contributed by atoms with Gasteiger partial charge in [0.15, 0.2) is 5.96 Å². The van der Waals surface area contributed by atoms with Gasteiger partial charge in [-0.05, 0) is 56.0 Å². The maximum Gasteiger partial charge on any atom is 0.193 e. The van der Waals surface area contributed by atoms with Crippen LogP contribution >= 0.6 is 35.7 Å². The molecule has 2 aliphatic rings.